The lowest BCUT2D eigenvalue weighted by Gasteiger charge is -2.11. The van der Waals surface area contributed by atoms with Gasteiger partial charge in [-0.2, -0.15) is 0 Å². The van der Waals surface area contributed by atoms with Gasteiger partial charge in [0.15, 0.2) is 11.5 Å². The number of ether oxygens (including phenoxy) is 1. The molecule has 6 nitrogen and oxygen atoms in total. The third-order valence-electron chi connectivity index (χ3n) is 2.28. The fraction of sp³-hybridized carbons (Fsp3) is 0.364. The van der Waals surface area contributed by atoms with E-state index < -0.39 is 5.97 Å². The minimum absolute atomic E-state index is 0.0489. The van der Waals surface area contributed by atoms with Gasteiger partial charge in [-0.1, -0.05) is 0 Å². The molecule has 0 saturated heterocycles. The number of aliphatic hydroxyl groups excluding tert-OH is 2. The average Bonchev–Trinajstić information content (AvgIpc) is 2.32. The van der Waals surface area contributed by atoms with Gasteiger partial charge < -0.3 is 14.9 Å². The van der Waals surface area contributed by atoms with Crippen molar-refractivity contribution in [1.82, 2.24) is 0 Å². The summed E-state index contributed by atoms with van der Waals surface area (Å²) in [5.41, 5.74) is -0.273. The molecule has 0 aromatic heterocycles. The van der Waals surface area contributed by atoms with Gasteiger partial charge in [-0.25, -0.2) is 9.79 Å². The molecular weight excluding hydrogens is 226 g/mol. The Bertz CT molecular complexity index is 420. The summed E-state index contributed by atoms with van der Waals surface area (Å²) in [4.78, 5) is 26.1. The molecule has 0 radical (unpaired) electrons. The summed E-state index contributed by atoms with van der Waals surface area (Å²) in [6, 6.07) is 0. The lowest BCUT2D eigenvalue weighted by Crippen LogP contribution is -2.13. The van der Waals surface area contributed by atoms with Crippen molar-refractivity contribution < 1.29 is 24.5 Å². The van der Waals surface area contributed by atoms with Gasteiger partial charge in [0.2, 0.25) is 0 Å². The molecule has 0 bridgehead atoms. The van der Waals surface area contributed by atoms with Gasteiger partial charge in [0.25, 0.3) is 0 Å². The molecule has 0 unspecified atom stereocenters. The highest BCUT2D eigenvalue weighted by atomic mass is 16.5. The lowest BCUT2D eigenvalue weighted by atomic mass is 9.97. The van der Waals surface area contributed by atoms with Gasteiger partial charge >= 0.3 is 5.97 Å². The number of hydrogen-bond acceptors (Lipinski definition) is 6. The summed E-state index contributed by atoms with van der Waals surface area (Å²) in [5.74, 6) is -1.11. The zero-order valence-corrected chi connectivity index (χ0v) is 9.34. The Labute approximate surface area is 97.9 Å². The maximum atomic E-state index is 11.4. The standard InChI is InChI=1S/C11H13NO5/c1-17-11(16)8(6-13)12-5-7-9(14)3-2-4-10(7)15/h5-6,13-14H,2-4H2,1H3/b8-6-,12-5?. The van der Waals surface area contributed by atoms with Crippen molar-refractivity contribution in [2.24, 2.45) is 4.99 Å². The summed E-state index contributed by atoms with van der Waals surface area (Å²) < 4.78 is 4.35. The number of aliphatic hydroxyl groups is 2. The third-order valence-corrected chi connectivity index (χ3v) is 2.28. The molecule has 0 aliphatic heterocycles. The molecule has 1 aliphatic carbocycles. The summed E-state index contributed by atoms with van der Waals surface area (Å²) in [5, 5.41) is 18.2. The van der Waals surface area contributed by atoms with Gasteiger partial charge in [-0.3, -0.25) is 4.79 Å². The van der Waals surface area contributed by atoms with Crippen molar-refractivity contribution in [3.05, 3.63) is 23.3 Å². The van der Waals surface area contributed by atoms with Crippen molar-refractivity contribution in [2.45, 2.75) is 19.3 Å². The Morgan fingerprint density at radius 1 is 1.47 bits per heavy atom. The molecule has 0 amide bonds. The lowest BCUT2D eigenvalue weighted by molar-refractivity contribution is -0.136. The number of carbonyl (C=O) groups excluding carboxylic acids is 2. The van der Waals surface area contributed by atoms with E-state index in [1.54, 1.807) is 0 Å². The number of Topliss-reactive ketones (excluding diaryl/α,β-unsaturated/α-hetero) is 1. The molecule has 0 atom stereocenters. The van der Waals surface area contributed by atoms with Crippen molar-refractivity contribution in [2.75, 3.05) is 7.11 Å². The minimum Gasteiger partial charge on any atom is -0.513 e. The molecule has 0 fully saturated rings. The Kier molecular flexibility index (Phi) is 4.45. The van der Waals surface area contributed by atoms with Crippen LogP contribution < -0.4 is 0 Å². The van der Waals surface area contributed by atoms with E-state index in [4.69, 9.17) is 5.11 Å². The van der Waals surface area contributed by atoms with Crippen LogP contribution in [0.5, 0.6) is 0 Å². The highest BCUT2D eigenvalue weighted by Crippen LogP contribution is 2.18. The normalized spacial score (nSPS) is 17.7. The molecule has 2 N–H and O–H groups in total. The Morgan fingerprint density at radius 2 is 2.18 bits per heavy atom. The van der Waals surface area contributed by atoms with Crippen LogP contribution in [0.15, 0.2) is 28.3 Å². The van der Waals surface area contributed by atoms with E-state index in [1.807, 2.05) is 0 Å². The molecule has 1 aliphatic rings. The smallest absolute Gasteiger partial charge is 0.359 e. The Balaban J connectivity index is 2.90. The molecule has 0 aromatic rings. The van der Waals surface area contributed by atoms with Crippen LogP contribution in [0.25, 0.3) is 0 Å². The number of aliphatic imine (C=N–C) groups is 1. The molecular formula is C11H13NO5. The van der Waals surface area contributed by atoms with Crippen LogP contribution in [-0.4, -0.2) is 35.3 Å². The van der Waals surface area contributed by atoms with E-state index in [2.05, 4.69) is 9.73 Å². The number of ketones is 1. The maximum Gasteiger partial charge on any atom is 0.359 e. The molecule has 1 rings (SSSR count). The van der Waals surface area contributed by atoms with Crippen LogP contribution in [0.4, 0.5) is 0 Å². The van der Waals surface area contributed by atoms with Crippen molar-refractivity contribution in [3.63, 3.8) is 0 Å². The number of carbonyl (C=O) groups is 2. The van der Waals surface area contributed by atoms with Crippen molar-refractivity contribution in [3.8, 4) is 0 Å². The second-order valence-electron chi connectivity index (χ2n) is 3.40. The van der Waals surface area contributed by atoms with Crippen LogP contribution in [0.2, 0.25) is 0 Å². The highest BCUT2D eigenvalue weighted by Gasteiger charge is 2.19. The number of esters is 1. The monoisotopic (exact) mass is 239 g/mol. The topological polar surface area (TPSA) is 96.2 Å². The molecule has 0 heterocycles. The summed E-state index contributed by atoms with van der Waals surface area (Å²) in [7, 11) is 1.14. The molecule has 0 aromatic carbocycles. The number of methoxy groups -OCH3 is 1. The molecule has 0 spiro atoms. The second-order valence-corrected chi connectivity index (χ2v) is 3.40. The quantitative estimate of drug-likeness (QED) is 0.334. The molecule has 6 heteroatoms. The SMILES string of the molecule is COC(=O)/C(=C/O)N=CC1=C(O)CCCC1=O. The fourth-order valence-corrected chi connectivity index (χ4v) is 1.37. The largest absolute Gasteiger partial charge is 0.513 e. The summed E-state index contributed by atoms with van der Waals surface area (Å²) in [6.07, 6.45) is 2.88. The Hall–Kier alpha value is -2.11. The molecule has 92 valence electrons. The summed E-state index contributed by atoms with van der Waals surface area (Å²) in [6.45, 7) is 0. The first kappa shape index (κ1) is 13.0. The highest BCUT2D eigenvalue weighted by molar-refractivity contribution is 6.14. The van der Waals surface area contributed by atoms with E-state index in [1.165, 1.54) is 0 Å². The van der Waals surface area contributed by atoms with Gasteiger partial charge in [-0.05, 0) is 6.42 Å². The van der Waals surface area contributed by atoms with Crippen molar-refractivity contribution in [1.29, 1.82) is 0 Å². The number of nitrogens with zero attached hydrogens (tertiary/aromatic N) is 1. The zero-order chi connectivity index (χ0) is 12.8. The van der Waals surface area contributed by atoms with Crippen molar-refractivity contribution >= 4 is 18.0 Å². The van der Waals surface area contributed by atoms with Gasteiger partial charge in [0, 0.05) is 19.1 Å². The number of rotatable bonds is 3. The van der Waals surface area contributed by atoms with E-state index in [0.717, 1.165) is 13.3 Å². The molecule has 0 saturated carbocycles. The van der Waals surface area contributed by atoms with E-state index in [0.29, 0.717) is 25.5 Å². The predicted octanol–water partition coefficient (Wildman–Crippen LogP) is 1.19. The van der Waals surface area contributed by atoms with E-state index in [-0.39, 0.29) is 22.8 Å². The number of hydrogen-bond donors (Lipinski definition) is 2. The van der Waals surface area contributed by atoms with Gasteiger partial charge in [0.05, 0.1) is 12.7 Å². The zero-order valence-electron chi connectivity index (χ0n) is 9.34. The van der Waals surface area contributed by atoms with Crippen LogP contribution >= 0.6 is 0 Å². The fourth-order valence-electron chi connectivity index (χ4n) is 1.37. The van der Waals surface area contributed by atoms with Crippen LogP contribution in [0.1, 0.15) is 19.3 Å². The van der Waals surface area contributed by atoms with E-state index in [9.17, 15) is 14.7 Å². The van der Waals surface area contributed by atoms with Gasteiger partial charge in [0.1, 0.15) is 12.0 Å². The molecule has 17 heavy (non-hydrogen) atoms. The first-order valence-corrected chi connectivity index (χ1v) is 5.02. The van der Waals surface area contributed by atoms with Crippen LogP contribution in [-0.2, 0) is 14.3 Å². The minimum atomic E-state index is -0.827. The average molecular weight is 239 g/mol. The third kappa shape index (κ3) is 3.17. The predicted molar refractivity (Wildman–Crippen MR) is 59.7 cm³/mol. The number of allylic oxidation sites excluding steroid dienone is 2. The first-order valence-electron chi connectivity index (χ1n) is 5.02. The van der Waals surface area contributed by atoms with Crippen LogP contribution in [0.3, 0.4) is 0 Å². The van der Waals surface area contributed by atoms with Crippen LogP contribution in [0, 0.1) is 0 Å². The maximum absolute atomic E-state index is 11.4. The first-order chi connectivity index (χ1) is 8.10. The van der Waals surface area contributed by atoms with E-state index >= 15 is 0 Å². The second kappa shape index (κ2) is 5.83. The van der Waals surface area contributed by atoms with Gasteiger partial charge in [-0.15, -0.1) is 0 Å². The Morgan fingerprint density at radius 3 is 2.71 bits per heavy atom. The summed E-state index contributed by atoms with van der Waals surface area (Å²) >= 11 is 0.